The van der Waals surface area contributed by atoms with Crippen LogP contribution in [-0.2, 0) is 9.59 Å². The van der Waals surface area contributed by atoms with Crippen LogP contribution in [0.5, 0.6) is 0 Å². The molecule has 0 saturated carbocycles. The summed E-state index contributed by atoms with van der Waals surface area (Å²) in [5, 5.41) is 13.5. The lowest BCUT2D eigenvalue weighted by molar-refractivity contribution is -0.385. The number of hydrogen-bond acceptors (Lipinski definition) is 5. The Morgan fingerprint density at radius 1 is 1.15 bits per heavy atom. The van der Waals surface area contributed by atoms with Gasteiger partial charge in [-0.15, -0.1) is 0 Å². The Morgan fingerprint density at radius 3 is 2.52 bits per heavy atom. The number of hydrogen-bond donors (Lipinski definition) is 1. The van der Waals surface area contributed by atoms with Gasteiger partial charge in [-0.2, -0.15) is 0 Å². The fraction of sp³-hybridized carbons (Fsp3) is 0.0556. The Kier molecular flexibility index (Phi) is 4.74. The van der Waals surface area contributed by atoms with Crippen LogP contribution in [0.25, 0.3) is 6.08 Å². The molecule has 8 nitrogen and oxygen atoms in total. The van der Waals surface area contributed by atoms with E-state index in [1.807, 2.05) is 0 Å². The van der Waals surface area contributed by atoms with E-state index in [9.17, 15) is 24.5 Å². The van der Waals surface area contributed by atoms with Gasteiger partial charge in [-0.05, 0) is 36.8 Å². The van der Waals surface area contributed by atoms with Crippen molar-refractivity contribution in [3.63, 3.8) is 0 Å². The molecule has 9 heteroatoms. The van der Waals surface area contributed by atoms with Crippen molar-refractivity contribution in [1.29, 1.82) is 0 Å². The van der Waals surface area contributed by atoms with Gasteiger partial charge in [0.15, 0.2) is 0 Å². The standard InChI is InChI=1S/C18H12ClN3O5/c1-10-6-7-12(9-14(10)19)21-17(24)13(16(23)20-18(21)25)8-11-4-2-3-5-15(11)22(26)27/h2-9H,1H3,(H,20,23,25)/b13-8-. The van der Waals surface area contributed by atoms with Crippen LogP contribution in [0.2, 0.25) is 5.02 Å². The van der Waals surface area contributed by atoms with Gasteiger partial charge in [0.05, 0.1) is 16.2 Å². The lowest BCUT2D eigenvalue weighted by Crippen LogP contribution is -2.54. The van der Waals surface area contributed by atoms with Gasteiger partial charge in [0.25, 0.3) is 17.5 Å². The van der Waals surface area contributed by atoms with Crippen molar-refractivity contribution in [1.82, 2.24) is 5.32 Å². The minimum Gasteiger partial charge on any atom is -0.273 e. The van der Waals surface area contributed by atoms with Crippen LogP contribution >= 0.6 is 11.6 Å². The molecule has 4 amide bonds. The van der Waals surface area contributed by atoms with E-state index in [1.54, 1.807) is 13.0 Å². The SMILES string of the molecule is Cc1ccc(N2C(=O)NC(=O)/C(=C/c3ccccc3[N+](=O)[O-])C2=O)cc1Cl. The Hall–Kier alpha value is -3.52. The number of carbonyl (C=O) groups is 3. The first-order valence-electron chi connectivity index (χ1n) is 7.70. The predicted molar refractivity (Wildman–Crippen MR) is 98.3 cm³/mol. The number of barbiturate groups is 1. The van der Waals surface area contributed by atoms with Gasteiger partial charge >= 0.3 is 6.03 Å². The molecular weight excluding hydrogens is 374 g/mol. The summed E-state index contributed by atoms with van der Waals surface area (Å²) in [6.45, 7) is 1.76. The molecule has 27 heavy (non-hydrogen) atoms. The number of imide groups is 2. The smallest absolute Gasteiger partial charge is 0.273 e. The van der Waals surface area contributed by atoms with Gasteiger partial charge in [0.2, 0.25) is 0 Å². The van der Waals surface area contributed by atoms with E-state index in [0.29, 0.717) is 5.02 Å². The summed E-state index contributed by atoms with van der Waals surface area (Å²) in [6, 6.07) is 9.28. The minimum absolute atomic E-state index is 0.0669. The zero-order chi connectivity index (χ0) is 19.7. The second-order valence-electron chi connectivity index (χ2n) is 5.71. The van der Waals surface area contributed by atoms with E-state index in [0.717, 1.165) is 16.5 Å². The fourth-order valence-corrected chi connectivity index (χ4v) is 2.72. The van der Waals surface area contributed by atoms with E-state index < -0.39 is 28.3 Å². The molecule has 0 aliphatic carbocycles. The normalized spacial score (nSPS) is 15.9. The maximum atomic E-state index is 12.8. The number of anilines is 1. The van der Waals surface area contributed by atoms with Crippen molar-refractivity contribution in [2.45, 2.75) is 6.92 Å². The van der Waals surface area contributed by atoms with Gasteiger partial charge < -0.3 is 0 Å². The molecule has 1 fully saturated rings. The highest BCUT2D eigenvalue weighted by Gasteiger charge is 2.37. The number of nitro benzene ring substituents is 1. The number of rotatable bonds is 3. The molecule has 0 bridgehead atoms. The van der Waals surface area contributed by atoms with Gasteiger partial charge in [-0.3, -0.25) is 25.0 Å². The molecule has 0 spiro atoms. The van der Waals surface area contributed by atoms with Crippen LogP contribution in [0.15, 0.2) is 48.0 Å². The third kappa shape index (κ3) is 3.42. The molecule has 136 valence electrons. The molecule has 1 heterocycles. The summed E-state index contributed by atoms with van der Waals surface area (Å²) < 4.78 is 0. The fourth-order valence-electron chi connectivity index (χ4n) is 2.54. The average Bonchev–Trinajstić information content (AvgIpc) is 2.61. The molecule has 0 aromatic heterocycles. The van der Waals surface area contributed by atoms with Gasteiger partial charge in [0, 0.05) is 11.1 Å². The number of para-hydroxylation sites is 1. The monoisotopic (exact) mass is 385 g/mol. The lowest BCUT2D eigenvalue weighted by atomic mass is 10.1. The third-order valence-corrected chi connectivity index (χ3v) is 4.36. The van der Waals surface area contributed by atoms with Gasteiger partial charge in [-0.1, -0.05) is 29.8 Å². The third-order valence-electron chi connectivity index (χ3n) is 3.95. The second-order valence-corrected chi connectivity index (χ2v) is 6.11. The number of nitrogens with zero attached hydrogens (tertiary/aromatic N) is 2. The van der Waals surface area contributed by atoms with E-state index in [1.165, 1.54) is 36.4 Å². The van der Waals surface area contributed by atoms with Crippen molar-refractivity contribution in [2.75, 3.05) is 4.90 Å². The van der Waals surface area contributed by atoms with Crippen molar-refractivity contribution in [3.8, 4) is 0 Å². The predicted octanol–water partition coefficient (Wildman–Crippen LogP) is 3.22. The quantitative estimate of drug-likeness (QED) is 0.377. The largest absolute Gasteiger partial charge is 0.335 e. The van der Waals surface area contributed by atoms with E-state index in [2.05, 4.69) is 5.32 Å². The van der Waals surface area contributed by atoms with Crippen LogP contribution < -0.4 is 10.2 Å². The van der Waals surface area contributed by atoms with Crippen molar-refractivity contribution in [3.05, 3.63) is 74.3 Å². The average molecular weight is 386 g/mol. The number of urea groups is 1. The number of carbonyl (C=O) groups excluding carboxylic acids is 3. The Bertz CT molecular complexity index is 1030. The van der Waals surface area contributed by atoms with Crippen molar-refractivity contribution >= 4 is 46.9 Å². The molecule has 1 saturated heterocycles. The zero-order valence-corrected chi connectivity index (χ0v) is 14.7. The summed E-state index contributed by atoms with van der Waals surface area (Å²) in [6.07, 6.45) is 1.09. The minimum atomic E-state index is -0.933. The number of benzene rings is 2. The Labute approximate surface area is 158 Å². The van der Waals surface area contributed by atoms with Gasteiger partial charge in [-0.25, -0.2) is 9.69 Å². The number of amides is 4. The highest BCUT2D eigenvalue weighted by Crippen LogP contribution is 2.28. The number of nitro groups is 1. The van der Waals surface area contributed by atoms with Crippen LogP contribution in [0.3, 0.4) is 0 Å². The zero-order valence-electron chi connectivity index (χ0n) is 13.9. The number of aryl methyl sites for hydroxylation is 1. The van der Waals surface area contributed by atoms with Gasteiger partial charge in [0.1, 0.15) is 5.57 Å². The summed E-state index contributed by atoms with van der Waals surface area (Å²) in [7, 11) is 0. The van der Waals surface area contributed by atoms with E-state index in [-0.39, 0.29) is 16.9 Å². The molecule has 1 aliphatic rings. The topological polar surface area (TPSA) is 110 Å². The maximum absolute atomic E-state index is 12.8. The summed E-state index contributed by atoms with van der Waals surface area (Å²) in [4.78, 5) is 48.4. The van der Waals surface area contributed by atoms with Crippen LogP contribution in [-0.4, -0.2) is 22.8 Å². The molecule has 2 aromatic carbocycles. The molecule has 3 rings (SSSR count). The molecule has 0 unspecified atom stereocenters. The molecular formula is C18H12ClN3O5. The summed E-state index contributed by atoms with van der Waals surface area (Å²) >= 11 is 6.05. The van der Waals surface area contributed by atoms with Crippen LogP contribution in [0.1, 0.15) is 11.1 Å². The Morgan fingerprint density at radius 2 is 1.85 bits per heavy atom. The first-order chi connectivity index (χ1) is 12.8. The van der Waals surface area contributed by atoms with Crippen molar-refractivity contribution < 1.29 is 19.3 Å². The van der Waals surface area contributed by atoms with E-state index in [4.69, 9.17) is 11.6 Å². The number of halogens is 1. The second kappa shape index (κ2) is 7.00. The molecule has 1 N–H and O–H groups in total. The highest BCUT2D eigenvalue weighted by atomic mass is 35.5. The lowest BCUT2D eigenvalue weighted by Gasteiger charge is -2.26. The summed E-state index contributed by atoms with van der Waals surface area (Å²) in [5.74, 6) is -1.83. The maximum Gasteiger partial charge on any atom is 0.335 e. The van der Waals surface area contributed by atoms with E-state index >= 15 is 0 Å². The first kappa shape index (κ1) is 18.3. The highest BCUT2D eigenvalue weighted by molar-refractivity contribution is 6.39. The molecule has 0 atom stereocenters. The Balaban J connectivity index is 2.08. The van der Waals surface area contributed by atoms with Crippen LogP contribution in [0.4, 0.5) is 16.2 Å². The molecule has 1 aliphatic heterocycles. The van der Waals surface area contributed by atoms with Crippen molar-refractivity contribution in [2.24, 2.45) is 0 Å². The molecule has 0 radical (unpaired) electrons. The van der Waals surface area contributed by atoms with Crippen LogP contribution in [0, 0.1) is 17.0 Å². The summed E-state index contributed by atoms with van der Waals surface area (Å²) in [5.41, 5.74) is 0.316. The first-order valence-corrected chi connectivity index (χ1v) is 8.08. The number of nitrogens with one attached hydrogen (secondary N) is 1. The molecule has 2 aromatic rings.